The minimum atomic E-state index is -0.221. The Hall–Kier alpha value is -8.44. The molecule has 0 unspecified atom stereocenters. The molecule has 4 nitrogen and oxygen atoms in total. The van der Waals surface area contributed by atoms with E-state index >= 15 is 0 Å². The summed E-state index contributed by atoms with van der Waals surface area (Å²) in [7, 11) is 0. The summed E-state index contributed by atoms with van der Waals surface area (Å²) in [4.78, 5) is 0. The lowest BCUT2D eigenvalue weighted by molar-refractivity contribution is 0.666. The van der Waals surface area contributed by atoms with E-state index in [0.29, 0.717) is 11.1 Å². The Morgan fingerprint density at radius 2 is 0.836 bits per heavy atom. The third-order valence-corrected chi connectivity index (χ3v) is 15.3. The summed E-state index contributed by atoms with van der Waals surface area (Å²) in [5.41, 5.74) is 22.9. The average Bonchev–Trinajstić information content (AvgIpc) is 4.02. The molecule has 0 bridgehead atoms. The largest absolute Gasteiger partial charge is 0.309 e. The minimum Gasteiger partial charge on any atom is -0.309 e. The lowest BCUT2D eigenvalue weighted by atomic mass is 9.80. The standard InChI is InChI=1S/C63H44N4/c1-37-32-38(35-64)22-25-41(37)40-24-29-55(67-53-21-13-9-17-47(53)59-57(67)31-27-45-43-15-7-11-19-51(43)63(4,5)61(45)59)49(34-40)48-33-39(36-65)23-28-54(48)66-52-20-12-8-16-46(52)58-56(66)30-26-44-42-14-6-10-18-50(42)62(2,3)60(44)58/h6-34H,1-5H3. The number of benzene rings is 9. The van der Waals surface area contributed by atoms with Crippen molar-refractivity contribution >= 4 is 43.6 Å². The van der Waals surface area contributed by atoms with Gasteiger partial charge in [-0.1, -0.05) is 137 Å². The summed E-state index contributed by atoms with van der Waals surface area (Å²) < 4.78 is 4.89. The first kappa shape index (κ1) is 39.0. The molecule has 0 aliphatic heterocycles. The van der Waals surface area contributed by atoms with Crippen molar-refractivity contribution in [3.63, 3.8) is 0 Å². The van der Waals surface area contributed by atoms with Crippen LogP contribution in [0.2, 0.25) is 0 Å². The second-order valence-electron chi connectivity index (χ2n) is 19.5. The molecule has 0 spiro atoms. The maximum Gasteiger partial charge on any atom is 0.0991 e. The van der Waals surface area contributed by atoms with E-state index in [0.717, 1.165) is 61.3 Å². The summed E-state index contributed by atoms with van der Waals surface area (Å²) in [5.74, 6) is 0. The first-order valence-electron chi connectivity index (χ1n) is 23.1. The number of hydrogen-bond donors (Lipinski definition) is 0. The van der Waals surface area contributed by atoms with E-state index in [1.165, 1.54) is 66.1 Å². The van der Waals surface area contributed by atoms with E-state index in [2.05, 4.69) is 214 Å². The van der Waals surface area contributed by atoms with Crippen molar-refractivity contribution in [2.45, 2.75) is 45.4 Å². The molecule has 2 aromatic heterocycles. The number of para-hydroxylation sites is 2. The Kier molecular flexibility index (Phi) is 8.02. The number of nitrogens with zero attached hydrogens (tertiary/aromatic N) is 4. The van der Waals surface area contributed by atoms with Gasteiger partial charge in [-0.25, -0.2) is 0 Å². The number of hydrogen-bond acceptors (Lipinski definition) is 2. The average molecular weight is 857 g/mol. The van der Waals surface area contributed by atoms with Gasteiger partial charge in [-0.15, -0.1) is 0 Å². The van der Waals surface area contributed by atoms with Gasteiger partial charge in [-0.05, 0) is 135 Å². The zero-order chi connectivity index (χ0) is 45.5. The molecule has 4 heteroatoms. The predicted octanol–water partition coefficient (Wildman–Crippen LogP) is 15.9. The molecule has 316 valence electrons. The Bertz CT molecular complexity index is 4080. The first-order chi connectivity index (χ1) is 32.6. The molecule has 13 rings (SSSR count). The Labute approximate surface area is 389 Å². The quantitative estimate of drug-likeness (QED) is 0.177. The van der Waals surface area contributed by atoms with Gasteiger partial charge in [0.15, 0.2) is 0 Å². The lowest BCUT2D eigenvalue weighted by Crippen LogP contribution is -2.15. The molecule has 0 N–H and O–H groups in total. The molecule has 0 atom stereocenters. The molecule has 0 saturated heterocycles. The topological polar surface area (TPSA) is 57.4 Å². The Morgan fingerprint density at radius 3 is 1.37 bits per heavy atom. The SMILES string of the molecule is Cc1cc(C#N)ccc1-c1ccc(-n2c3ccccc3c3c4c(ccc32)-c2ccccc2C4(C)C)c(-c2cc(C#N)ccc2-n2c3ccccc3c3c4c(ccc32)-c2ccccc2C4(C)C)c1. The number of aryl methyl sites for hydroxylation is 1. The van der Waals surface area contributed by atoms with E-state index < -0.39 is 0 Å². The van der Waals surface area contributed by atoms with Gasteiger partial charge < -0.3 is 9.13 Å². The van der Waals surface area contributed by atoms with Gasteiger partial charge in [0.2, 0.25) is 0 Å². The number of nitriles is 2. The zero-order valence-corrected chi connectivity index (χ0v) is 38.0. The van der Waals surface area contributed by atoms with Crippen molar-refractivity contribution in [2.24, 2.45) is 0 Å². The van der Waals surface area contributed by atoms with Crippen LogP contribution in [0.25, 0.3) is 99.5 Å². The van der Waals surface area contributed by atoms with Crippen molar-refractivity contribution < 1.29 is 0 Å². The van der Waals surface area contributed by atoms with Gasteiger partial charge in [0.05, 0.1) is 56.7 Å². The second kappa shape index (κ2) is 13.8. The Balaban J connectivity index is 1.15. The minimum absolute atomic E-state index is 0.221. The van der Waals surface area contributed by atoms with Crippen LogP contribution in [0, 0.1) is 29.6 Å². The zero-order valence-electron chi connectivity index (χ0n) is 38.0. The summed E-state index contributed by atoms with van der Waals surface area (Å²) >= 11 is 0. The maximum atomic E-state index is 10.7. The second-order valence-corrected chi connectivity index (χ2v) is 19.5. The third-order valence-electron chi connectivity index (χ3n) is 15.3. The lowest BCUT2D eigenvalue weighted by Gasteiger charge is -2.23. The molecule has 2 heterocycles. The normalized spacial score (nSPS) is 14.0. The summed E-state index contributed by atoms with van der Waals surface area (Å²) in [5, 5.41) is 25.5. The smallest absolute Gasteiger partial charge is 0.0991 e. The van der Waals surface area contributed by atoms with Crippen LogP contribution < -0.4 is 0 Å². The van der Waals surface area contributed by atoms with Crippen LogP contribution in [0.3, 0.4) is 0 Å². The van der Waals surface area contributed by atoms with Crippen molar-refractivity contribution in [1.82, 2.24) is 9.13 Å². The maximum absolute atomic E-state index is 10.7. The molecule has 2 aliphatic rings. The van der Waals surface area contributed by atoms with Crippen LogP contribution in [0.4, 0.5) is 0 Å². The molecule has 9 aromatic carbocycles. The van der Waals surface area contributed by atoms with Crippen molar-refractivity contribution in [3.05, 3.63) is 215 Å². The van der Waals surface area contributed by atoms with E-state index in [4.69, 9.17) is 0 Å². The van der Waals surface area contributed by atoms with E-state index in [1.54, 1.807) is 0 Å². The van der Waals surface area contributed by atoms with Gasteiger partial charge in [0.25, 0.3) is 0 Å². The molecular formula is C63H44N4. The number of rotatable bonds is 4. The first-order valence-corrected chi connectivity index (χ1v) is 23.1. The molecule has 2 aliphatic carbocycles. The van der Waals surface area contributed by atoms with Gasteiger partial charge in [0, 0.05) is 43.5 Å². The van der Waals surface area contributed by atoms with E-state index in [1.807, 2.05) is 18.2 Å². The van der Waals surface area contributed by atoms with Crippen molar-refractivity contribution in [2.75, 3.05) is 0 Å². The molecule has 0 amide bonds. The summed E-state index contributed by atoms with van der Waals surface area (Å²) in [6.07, 6.45) is 0. The third kappa shape index (κ3) is 5.22. The predicted molar refractivity (Wildman–Crippen MR) is 275 cm³/mol. The fourth-order valence-corrected chi connectivity index (χ4v) is 12.4. The Morgan fingerprint density at radius 1 is 0.388 bits per heavy atom. The van der Waals surface area contributed by atoms with Crippen molar-refractivity contribution in [3.8, 4) is 68.0 Å². The summed E-state index contributed by atoms with van der Waals surface area (Å²) in [6, 6.07) is 68.4. The molecule has 0 radical (unpaired) electrons. The van der Waals surface area contributed by atoms with Crippen LogP contribution in [0.1, 0.15) is 66.6 Å². The highest BCUT2D eigenvalue weighted by molar-refractivity contribution is 6.16. The molecule has 11 aromatic rings. The monoisotopic (exact) mass is 856 g/mol. The van der Waals surface area contributed by atoms with Crippen LogP contribution >= 0.6 is 0 Å². The number of fused-ring (bicyclic) bond motifs is 14. The van der Waals surface area contributed by atoms with E-state index in [-0.39, 0.29) is 10.8 Å². The van der Waals surface area contributed by atoms with Gasteiger partial charge in [-0.2, -0.15) is 10.5 Å². The van der Waals surface area contributed by atoms with Crippen LogP contribution in [-0.2, 0) is 10.8 Å². The molecule has 67 heavy (non-hydrogen) atoms. The molecule has 0 saturated carbocycles. The number of aromatic nitrogens is 2. The summed E-state index contributed by atoms with van der Waals surface area (Å²) in [6.45, 7) is 11.5. The van der Waals surface area contributed by atoms with Gasteiger partial charge in [0.1, 0.15) is 0 Å². The highest BCUT2D eigenvalue weighted by Gasteiger charge is 2.40. The van der Waals surface area contributed by atoms with Gasteiger partial charge in [-0.3, -0.25) is 0 Å². The van der Waals surface area contributed by atoms with Crippen LogP contribution in [0.5, 0.6) is 0 Å². The fraction of sp³-hybridized carbons (Fsp3) is 0.111. The molecule has 0 fully saturated rings. The van der Waals surface area contributed by atoms with Crippen LogP contribution in [-0.4, -0.2) is 9.13 Å². The fourth-order valence-electron chi connectivity index (χ4n) is 12.4. The van der Waals surface area contributed by atoms with Crippen molar-refractivity contribution in [1.29, 1.82) is 10.5 Å². The highest BCUT2D eigenvalue weighted by Crippen LogP contribution is 2.55. The van der Waals surface area contributed by atoms with Crippen LogP contribution in [0.15, 0.2) is 176 Å². The van der Waals surface area contributed by atoms with Gasteiger partial charge >= 0.3 is 0 Å². The molecular weight excluding hydrogens is 813 g/mol. The van der Waals surface area contributed by atoms with E-state index in [9.17, 15) is 10.5 Å². The highest BCUT2D eigenvalue weighted by atomic mass is 15.0.